The number of amides is 1. The van der Waals surface area contributed by atoms with E-state index < -0.39 is 0 Å². The zero-order chi connectivity index (χ0) is 17.3. The number of aliphatic hydroxyl groups is 1. The number of carbonyl (C=O) groups excluding carboxylic acids is 1. The molecule has 1 N–H and O–H groups in total. The van der Waals surface area contributed by atoms with Crippen LogP contribution in [-0.2, 0) is 4.74 Å². The summed E-state index contributed by atoms with van der Waals surface area (Å²) in [4.78, 5) is 19.0. The van der Waals surface area contributed by atoms with E-state index in [-0.39, 0.29) is 30.6 Å². The fourth-order valence-electron chi connectivity index (χ4n) is 3.99. The van der Waals surface area contributed by atoms with E-state index in [2.05, 4.69) is 18.7 Å². The number of thiophene rings is 1. The summed E-state index contributed by atoms with van der Waals surface area (Å²) < 4.78 is 5.80. The third kappa shape index (κ3) is 3.99. The molecular weight excluding hydrogens is 324 g/mol. The topological polar surface area (TPSA) is 53.0 Å². The number of nitrogens with zero attached hydrogens (tertiary/aromatic N) is 2. The Hall–Kier alpha value is -0.950. The van der Waals surface area contributed by atoms with Gasteiger partial charge in [0.1, 0.15) is 0 Å². The van der Waals surface area contributed by atoms with Crippen molar-refractivity contribution in [2.45, 2.75) is 33.0 Å². The van der Waals surface area contributed by atoms with Crippen LogP contribution < -0.4 is 0 Å². The Morgan fingerprint density at radius 1 is 1.21 bits per heavy atom. The second-order valence-corrected chi connectivity index (χ2v) is 8.59. The predicted octanol–water partition coefficient (Wildman–Crippen LogP) is 1.85. The lowest BCUT2D eigenvalue weighted by atomic mass is 9.96. The Morgan fingerprint density at radius 3 is 2.46 bits per heavy atom. The SMILES string of the molecule is Cc1ccc(C(=O)N2CC(CO)C(CN3CC(C)OC(C)C3)C2)s1. The lowest BCUT2D eigenvalue weighted by molar-refractivity contribution is -0.0726. The van der Waals surface area contributed by atoms with Gasteiger partial charge in [0.15, 0.2) is 0 Å². The highest BCUT2D eigenvalue weighted by atomic mass is 32.1. The monoisotopic (exact) mass is 352 g/mol. The van der Waals surface area contributed by atoms with Crippen molar-refractivity contribution in [1.29, 1.82) is 0 Å². The van der Waals surface area contributed by atoms with Gasteiger partial charge in [0.25, 0.3) is 5.91 Å². The molecule has 1 aromatic rings. The minimum Gasteiger partial charge on any atom is -0.396 e. The molecule has 4 atom stereocenters. The maximum absolute atomic E-state index is 12.7. The van der Waals surface area contributed by atoms with Crippen LogP contribution >= 0.6 is 11.3 Å². The van der Waals surface area contributed by atoms with E-state index in [9.17, 15) is 9.90 Å². The van der Waals surface area contributed by atoms with Crippen molar-refractivity contribution in [3.63, 3.8) is 0 Å². The van der Waals surface area contributed by atoms with Gasteiger partial charge in [0.05, 0.1) is 17.1 Å². The molecule has 5 nitrogen and oxygen atoms in total. The molecule has 1 amide bonds. The van der Waals surface area contributed by atoms with E-state index in [1.807, 2.05) is 24.0 Å². The molecule has 24 heavy (non-hydrogen) atoms. The Bertz CT molecular complexity index is 566. The first kappa shape index (κ1) is 17.9. The van der Waals surface area contributed by atoms with Crippen molar-refractivity contribution in [2.75, 3.05) is 39.3 Å². The lowest BCUT2D eigenvalue weighted by Gasteiger charge is -2.37. The Labute approximate surface area is 148 Å². The number of aryl methyl sites for hydroxylation is 1. The summed E-state index contributed by atoms with van der Waals surface area (Å²) >= 11 is 1.55. The molecule has 0 radical (unpaired) electrons. The van der Waals surface area contributed by atoms with Crippen molar-refractivity contribution >= 4 is 17.2 Å². The molecule has 134 valence electrons. The molecule has 0 spiro atoms. The lowest BCUT2D eigenvalue weighted by Crippen LogP contribution is -2.48. The summed E-state index contributed by atoms with van der Waals surface area (Å²) in [6, 6.07) is 3.90. The predicted molar refractivity (Wildman–Crippen MR) is 95.5 cm³/mol. The van der Waals surface area contributed by atoms with E-state index in [1.165, 1.54) is 0 Å². The number of ether oxygens (including phenoxy) is 1. The van der Waals surface area contributed by atoms with Crippen molar-refractivity contribution in [1.82, 2.24) is 9.80 Å². The summed E-state index contributed by atoms with van der Waals surface area (Å²) in [7, 11) is 0. The van der Waals surface area contributed by atoms with Crippen LogP contribution in [-0.4, -0.2) is 72.4 Å². The smallest absolute Gasteiger partial charge is 0.263 e. The number of aliphatic hydroxyl groups excluding tert-OH is 1. The Morgan fingerprint density at radius 2 is 1.88 bits per heavy atom. The maximum atomic E-state index is 12.7. The standard InChI is InChI=1S/C18H28N2O3S/c1-12-6-19(7-13(2)23-12)8-15-9-20(10-16(15)11-21)18(22)17-5-4-14(3)24-17/h4-5,12-13,15-16,21H,6-11H2,1-3H3. The van der Waals surface area contributed by atoms with Gasteiger partial charge in [0.2, 0.25) is 0 Å². The molecule has 2 saturated heterocycles. The second kappa shape index (κ2) is 7.52. The fourth-order valence-corrected chi connectivity index (χ4v) is 4.82. The highest BCUT2D eigenvalue weighted by Crippen LogP contribution is 2.28. The Balaban J connectivity index is 1.63. The number of carbonyl (C=O) groups is 1. The first-order valence-electron chi connectivity index (χ1n) is 8.80. The van der Waals surface area contributed by atoms with Crippen LogP contribution in [0, 0.1) is 18.8 Å². The van der Waals surface area contributed by atoms with E-state index in [0.29, 0.717) is 12.5 Å². The van der Waals surface area contributed by atoms with Gasteiger partial charge >= 0.3 is 0 Å². The molecular formula is C18H28N2O3S. The van der Waals surface area contributed by atoms with Gasteiger partial charge in [-0.1, -0.05) is 0 Å². The number of hydrogen-bond donors (Lipinski definition) is 1. The molecule has 2 aliphatic rings. The highest BCUT2D eigenvalue weighted by molar-refractivity contribution is 7.13. The van der Waals surface area contributed by atoms with Crippen molar-refractivity contribution in [2.24, 2.45) is 11.8 Å². The number of morpholine rings is 1. The third-order valence-corrected chi connectivity index (χ3v) is 6.03. The van der Waals surface area contributed by atoms with Gasteiger partial charge in [-0.2, -0.15) is 0 Å². The van der Waals surface area contributed by atoms with Crippen LogP contribution in [0.1, 0.15) is 28.4 Å². The first-order valence-corrected chi connectivity index (χ1v) is 9.62. The molecule has 0 aliphatic carbocycles. The van der Waals surface area contributed by atoms with Crippen molar-refractivity contribution in [3.8, 4) is 0 Å². The van der Waals surface area contributed by atoms with Crippen LogP contribution in [0.3, 0.4) is 0 Å². The quantitative estimate of drug-likeness (QED) is 0.898. The van der Waals surface area contributed by atoms with E-state index >= 15 is 0 Å². The maximum Gasteiger partial charge on any atom is 0.263 e. The number of hydrogen-bond acceptors (Lipinski definition) is 5. The molecule has 6 heteroatoms. The first-order chi connectivity index (χ1) is 11.5. The minimum atomic E-state index is 0.109. The molecule has 0 saturated carbocycles. The van der Waals surface area contributed by atoms with Gasteiger partial charge in [-0.3, -0.25) is 9.69 Å². The second-order valence-electron chi connectivity index (χ2n) is 7.30. The summed E-state index contributed by atoms with van der Waals surface area (Å²) in [5, 5.41) is 9.77. The van der Waals surface area contributed by atoms with E-state index in [0.717, 1.165) is 35.9 Å². The van der Waals surface area contributed by atoms with Gasteiger partial charge in [0, 0.05) is 50.1 Å². The summed E-state index contributed by atoms with van der Waals surface area (Å²) in [5.41, 5.74) is 0. The van der Waals surface area contributed by atoms with Crippen molar-refractivity contribution < 1.29 is 14.6 Å². The normalized spacial score (nSPS) is 31.6. The minimum absolute atomic E-state index is 0.109. The molecule has 2 fully saturated rings. The molecule has 0 bridgehead atoms. The third-order valence-electron chi connectivity index (χ3n) is 5.04. The molecule has 3 heterocycles. The van der Waals surface area contributed by atoms with Gasteiger partial charge in [-0.05, 0) is 38.8 Å². The van der Waals surface area contributed by atoms with Crippen LogP contribution in [0.5, 0.6) is 0 Å². The van der Waals surface area contributed by atoms with Crippen LogP contribution in [0.25, 0.3) is 0 Å². The van der Waals surface area contributed by atoms with Gasteiger partial charge in [-0.15, -0.1) is 11.3 Å². The molecule has 1 aromatic heterocycles. The van der Waals surface area contributed by atoms with Crippen LogP contribution in [0.4, 0.5) is 0 Å². The summed E-state index contributed by atoms with van der Waals surface area (Å²) in [6.07, 6.45) is 0.490. The Kier molecular flexibility index (Phi) is 5.59. The zero-order valence-corrected chi connectivity index (χ0v) is 15.6. The molecule has 0 aromatic carbocycles. The van der Waals surface area contributed by atoms with Gasteiger partial charge in [-0.25, -0.2) is 0 Å². The molecule has 2 aliphatic heterocycles. The molecule has 3 rings (SSSR count). The molecule has 4 unspecified atom stereocenters. The number of rotatable bonds is 4. The largest absolute Gasteiger partial charge is 0.396 e. The average Bonchev–Trinajstić information content (AvgIpc) is 3.12. The fraction of sp³-hybridized carbons (Fsp3) is 0.722. The number of likely N-dealkylation sites (tertiary alicyclic amines) is 1. The van der Waals surface area contributed by atoms with Crippen molar-refractivity contribution in [3.05, 3.63) is 21.9 Å². The highest BCUT2D eigenvalue weighted by Gasteiger charge is 2.37. The van der Waals surface area contributed by atoms with Crippen LogP contribution in [0.15, 0.2) is 12.1 Å². The van der Waals surface area contributed by atoms with E-state index in [4.69, 9.17) is 4.74 Å². The zero-order valence-electron chi connectivity index (χ0n) is 14.8. The summed E-state index contributed by atoms with van der Waals surface area (Å²) in [6.45, 7) is 10.6. The summed E-state index contributed by atoms with van der Waals surface area (Å²) in [5.74, 6) is 0.610. The van der Waals surface area contributed by atoms with E-state index in [1.54, 1.807) is 11.3 Å². The van der Waals surface area contributed by atoms with Crippen LogP contribution in [0.2, 0.25) is 0 Å². The average molecular weight is 353 g/mol. The van der Waals surface area contributed by atoms with Gasteiger partial charge < -0.3 is 14.7 Å².